The lowest BCUT2D eigenvalue weighted by molar-refractivity contribution is -0.123. The molecule has 0 aliphatic heterocycles. The first-order valence-electron chi connectivity index (χ1n) is 7.41. The predicted octanol–water partition coefficient (Wildman–Crippen LogP) is 1.62. The molecule has 0 aliphatic carbocycles. The Balaban J connectivity index is 4.18. The van der Waals surface area contributed by atoms with Gasteiger partial charge in [-0.15, -0.1) is 6.58 Å². The molecule has 0 aliphatic rings. The van der Waals surface area contributed by atoms with Crippen LogP contribution in [0.3, 0.4) is 0 Å². The zero-order valence-electron chi connectivity index (χ0n) is 13.4. The Hall–Kier alpha value is -1.52. The summed E-state index contributed by atoms with van der Waals surface area (Å²) in [5.41, 5.74) is 0. The molecule has 0 radical (unpaired) electrons. The van der Waals surface area contributed by atoms with Gasteiger partial charge in [0.15, 0.2) is 5.96 Å². The smallest absolute Gasteiger partial charge is 0.222 e. The molecule has 116 valence electrons. The number of allylic oxidation sites excluding steroid dienone is 1. The number of hydrogen-bond acceptors (Lipinski definition) is 2. The van der Waals surface area contributed by atoms with Crippen LogP contribution in [0.25, 0.3) is 0 Å². The molecule has 0 atom stereocenters. The average Bonchev–Trinajstić information content (AvgIpc) is 2.41. The van der Waals surface area contributed by atoms with Gasteiger partial charge in [-0.25, -0.2) is 0 Å². The van der Waals surface area contributed by atoms with Crippen LogP contribution < -0.4 is 10.6 Å². The number of carbonyl (C=O) groups excluding carboxylic acids is 1. The number of aliphatic imine (C=N–C) groups is 1. The highest BCUT2D eigenvalue weighted by Crippen LogP contribution is 1.95. The van der Waals surface area contributed by atoms with Crippen LogP contribution in [0.5, 0.6) is 0 Å². The van der Waals surface area contributed by atoms with Gasteiger partial charge >= 0.3 is 0 Å². The van der Waals surface area contributed by atoms with E-state index in [1.54, 1.807) is 0 Å². The van der Waals surface area contributed by atoms with Gasteiger partial charge in [0.05, 0.1) is 6.54 Å². The second kappa shape index (κ2) is 11.3. The van der Waals surface area contributed by atoms with Crippen molar-refractivity contribution in [2.24, 2.45) is 10.9 Å². The first-order valence-corrected chi connectivity index (χ1v) is 7.41. The fourth-order valence-corrected chi connectivity index (χ4v) is 1.59. The van der Waals surface area contributed by atoms with E-state index in [4.69, 9.17) is 0 Å². The van der Waals surface area contributed by atoms with E-state index < -0.39 is 0 Å². The van der Waals surface area contributed by atoms with E-state index in [1.807, 2.05) is 33.9 Å². The number of hydrogen-bond donors (Lipinski definition) is 2. The zero-order valence-corrected chi connectivity index (χ0v) is 13.4. The standard InChI is InChI=1S/C15H30N4O/c1-6-8-9-12-19(5)15(16-7-2)18-11-10-17-14(20)13(3)4/h6,13H,1,7-12H2,2-5H3,(H,16,18)(H,17,20). The maximum absolute atomic E-state index is 11.4. The molecule has 1 amide bonds. The van der Waals surface area contributed by atoms with E-state index in [-0.39, 0.29) is 11.8 Å². The van der Waals surface area contributed by atoms with Crippen molar-refractivity contribution in [3.8, 4) is 0 Å². The maximum atomic E-state index is 11.4. The van der Waals surface area contributed by atoms with E-state index in [0.29, 0.717) is 13.1 Å². The second-order valence-corrected chi connectivity index (χ2v) is 5.03. The molecule has 2 N–H and O–H groups in total. The van der Waals surface area contributed by atoms with Crippen LogP contribution in [-0.2, 0) is 4.79 Å². The summed E-state index contributed by atoms with van der Waals surface area (Å²) in [5.74, 6) is 0.980. The van der Waals surface area contributed by atoms with Crippen molar-refractivity contribution >= 4 is 11.9 Å². The van der Waals surface area contributed by atoms with E-state index >= 15 is 0 Å². The van der Waals surface area contributed by atoms with Crippen molar-refractivity contribution in [2.45, 2.75) is 33.6 Å². The van der Waals surface area contributed by atoms with Crippen molar-refractivity contribution in [1.29, 1.82) is 0 Å². The number of rotatable bonds is 9. The van der Waals surface area contributed by atoms with Crippen molar-refractivity contribution in [2.75, 3.05) is 33.2 Å². The molecule has 0 unspecified atom stereocenters. The van der Waals surface area contributed by atoms with Gasteiger partial charge in [0.1, 0.15) is 0 Å². The predicted molar refractivity (Wildman–Crippen MR) is 85.9 cm³/mol. The summed E-state index contributed by atoms with van der Waals surface area (Å²) >= 11 is 0. The Bertz CT molecular complexity index is 313. The molecule has 5 heteroatoms. The van der Waals surface area contributed by atoms with Crippen molar-refractivity contribution < 1.29 is 4.79 Å². The van der Waals surface area contributed by atoms with Crippen LogP contribution in [0.15, 0.2) is 17.6 Å². The normalized spacial score (nSPS) is 11.3. The van der Waals surface area contributed by atoms with Gasteiger partial charge in [-0.3, -0.25) is 9.79 Å². The molecule has 20 heavy (non-hydrogen) atoms. The van der Waals surface area contributed by atoms with E-state index in [9.17, 15) is 4.79 Å². The van der Waals surface area contributed by atoms with E-state index in [0.717, 1.165) is 31.9 Å². The summed E-state index contributed by atoms with van der Waals surface area (Å²) in [6.07, 6.45) is 4.00. The molecular formula is C15H30N4O. The third-order valence-corrected chi connectivity index (χ3v) is 2.80. The van der Waals surface area contributed by atoms with Crippen LogP contribution in [0.2, 0.25) is 0 Å². The molecule has 0 aromatic carbocycles. The van der Waals surface area contributed by atoms with Crippen LogP contribution in [-0.4, -0.2) is 50.0 Å². The molecule has 0 aromatic heterocycles. The fraction of sp³-hybridized carbons (Fsp3) is 0.733. The largest absolute Gasteiger partial charge is 0.357 e. The maximum Gasteiger partial charge on any atom is 0.222 e. The van der Waals surface area contributed by atoms with Crippen LogP contribution in [0, 0.1) is 5.92 Å². The summed E-state index contributed by atoms with van der Waals surface area (Å²) in [6, 6.07) is 0. The Morgan fingerprint density at radius 1 is 1.40 bits per heavy atom. The summed E-state index contributed by atoms with van der Waals surface area (Å²) in [5, 5.41) is 6.12. The first-order chi connectivity index (χ1) is 9.52. The lowest BCUT2D eigenvalue weighted by Crippen LogP contribution is -2.40. The lowest BCUT2D eigenvalue weighted by Gasteiger charge is -2.21. The number of unbranched alkanes of at least 4 members (excludes halogenated alkanes) is 1. The molecule has 0 aromatic rings. The highest BCUT2D eigenvalue weighted by Gasteiger charge is 2.06. The number of nitrogens with one attached hydrogen (secondary N) is 2. The first kappa shape index (κ1) is 18.5. The molecule has 0 saturated carbocycles. The van der Waals surface area contributed by atoms with Crippen LogP contribution in [0.1, 0.15) is 33.6 Å². The highest BCUT2D eigenvalue weighted by molar-refractivity contribution is 5.80. The zero-order chi connectivity index (χ0) is 15.4. The number of guanidine groups is 1. The SMILES string of the molecule is C=CCCCN(C)C(=NCCNC(=O)C(C)C)NCC. The Morgan fingerprint density at radius 3 is 2.65 bits per heavy atom. The third kappa shape index (κ3) is 8.56. The molecule has 0 saturated heterocycles. The molecule has 0 bridgehead atoms. The Morgan fingerprint density at radius 2 is 2.10 bits per heavy atom. The average molecular weight is 282 g/mol. The van der Waals surface area contributed by atoms with Crippen LogP contribution >= 0.6 is 0 Å². The minimum Gasteiger partial charge on any atom is -0.357 e. The molecule has 0 rings (SSSR count). The van der Waals surface area contributed by atoms with E-state index in [2.05, 4.69) is 27.1 Å². The van der Waals surface area contributed by atoms with Gasteiger partial charge in [-0.1, -0.05) is 19.9 Å². The summed E-state index contributed by atoms with van der Waals surface area (Å²) in [7, 11) is 2.03. The third-order valence-electron chi connectivity index (χ3n) is 2.80. The molecule has 5 nitrogen and oxygen atoms in total. The van der Waals surface area contributed by atoms with Gasteiger partial charge < -0.3 is 15.5 Å². The molecule has 0 heterocycles. The van der Waals surface area contributed by atoms with E-state index in [1.165, 1.54) is 0 Å². The minimum atomic E-state index is 0.0220. The lowest BCUT2D eigenvalue weighted by atomic mass is 10.2. The minimum absolute atomic E-state index is 0.0220. The van der Waals surface area contributed by atoms with Gasteiger partial charge in [-0.2, -0.15) is 0 Å². The van der Waals surface area contributed by atoms with Gasteiger partial charge in [0.25, 0.3) is 0 Å². The van der Waals surface area contributed by atoms with Crippen molar-refractivity contribution in [1.82, 2.24) is 15.5 Å². The Kier molecular flexibility index (Phi) is 10.5. The van der Waals surface area contributed by atoms with Gasteiger partial charge in [-0.05, 0) is 19.8 Å². The van der Waals surface area contributed by atoms with Gasteiger partial charge in [0, 0.05) is 32.6 Å². The highest BCUT2D eigenvalue weighted by atomic mass is 16.1. The fourth-order valence-electron chi connectivity index (χ4n) is 1.59. The molecular weight excluding hydrogens is 252 g/mol. The molecule has 0 fully saturated rings. The monoisotopic (exact) mass is 282 g/mol. The summed E-state index contributed by atoms with van der Waals surface area (Å²) in [6.45, 7) is 12.5. The van der Waals surface area contributed by atoms with Gasteiger partial charge in [0.2, 0.25) is 5.91 Å². The van der Waals surface area contributed by atoms with Crippen molar-refractivity contribution in [3.05, 3.63) is 12.7 Å². The number of amides is 1. The number of nitrogens with zero attached hydrogens (tertiary/aromatic N) is 2. The quantitative estimate of drug-likeness (QED) is 0.292. The van der Waals surface area contributed by atoms with Crippen LogP contribution in [0.4, 0.5) is 0 Å². The summed E-state index contributed by atoms with van der Waals surface area (Å²) < 4.78 is 0. The van der Waals surface area contributed by atoms with Crippen molar-refractivity contribution in [3.63, 3.8) is 0 Å². The molecule has 0 spiro atoms. The number of carbonyl (C=O) groups is 1. The topological polar surface area (TPSA) is 56.7 Å². The Labute approximate surface area is 123 Å². The second-order valence-electron chi connectivity index (χ2n) is 5.03. The summed E-state index contributed by atoms with van der Waals surface area (Å²) in [4.78, 5) is 18.0.